The average molecular weight is 378 g/mol. The van der Waals surface area contributed by atoms with Gasteiger partial charge in [-0.3, -0.25) is 5.32 Å². The molecule has 0 amide bonds. The molecule has 1 aliphatic carbocycles. The zero-order valence-electron chi connectivity index (χ0n) is 10.2. The van der Waals surface area contributed by atoms with Crippen molar-refractivity contribution in [2.24, 2.45) is 0 Å². The van der Waals surface area contributed by atoms with Crippen LogP contribution in [-0.2, 0) is 6.54 Å². The molecule has 18 heavy (non-hydrogen) atoms. The Kier molecular flexibility index (Phi) is 4.69. The summed E-state index contributed by atoms with van der Waals surface area (Å²) < 4.78 is 1.83. The van der Waals surface area contributed by atoms with Crippen LogP contribution in [0.4, 0.5) is 5.69 Å². The number of hydrogen-bond donors (Lipinski definition) is 3. The van der Waals surface area contributed by atoms with Crippen LogP contribution >= 0.6 is 31.9 Å². The third kappa shape index (κ3) is 3.26. The van der Waals surface area contributed by atoms with Gasteiger partial charge in [0.1, 0.15) is 5.72 Å². The van der Waals surface area contributed by atoms with Crippen molar-refractivity contribution in [2.75, 3.05) is 5.73 Å². The van der Waals surface area contributed by atoms with Gasteiger partial charge in [0.15, 0.2) is 0 Å². The number of nitrogens with one attached hydrogen (secondary N) is 1. The van der Waals surface area contributed by atoms with E-state index in [1.807, 2.05) is 12.1 Å². The average Bonchev–Trinajstić information content (AvgIpc) is 2.36. The first kappa shape index (κ1) is 14.3. The molecule has 0 unspecified atom stereocenters. The topological polar surface area (TPSA) is 58.3 Å². The highest BCUT2D eigenvalue weighted by atomic mass is 79.9. The molecule has 1 saturated carbocycles. The Bertz CT molecular complexity index is 431. The highest BCUT2D eigenvalue weighted by Gasteiger charge is 2.28. The fraction of sp³-hybridized carbons (Fsp3) is 0.538. The monoisotopic (exact) mass is 376 g/mol. The summed E-state index contributed by atoms with van der Waals surface area (Å²) in [6.07, 6.45) is 5.08. The smallest absolute Gasteiger partial charge is 0.116 e. The zero-order valence-corrected chi connectivity index (χ0v) is 13.3. The van der Waals surface area contributed by atoms with Crippen LogP contribution in [0.15, 0.2) is 21.1 Å². The van der Waals surface area contributed by atoms with Crippen molar-refractivity contribution < 1.29 is 5.11 Å². The minimum absolute atomic E-state index is 0.635. The van der Waals surface area contributed by atoms with Crippen LogP contribution in [0.25, 0.3) is 0 Å². The van der Waals surface area contributed by atoms with Crippen molar-refractivity contribution in [1.82, 2.24) is 5.32 Å². The Balaban J connectivity index is 2.04. The lowest BCUT2D eigenvalue weighted by atomic mass is 9.91. The predicted molar refractivity (Wildman–Crippen MR) is 81.1 cm³/mol. The number of rotatable bonds is 3. The van der Waals surface area contributed by atoms with Crippen molar-refractivity contribution in [1.29, 1.82) is 0 Å². The standard InChI is InChI=1S/C13H18Br2N2O/c14-11-9(4-5-10(16)12(11)15)8-17-13(18)6-2-1-3-7-13/h4-5,17-18H,1-3,6-8,16H2. The first-order valence-electron chi connectivity index (χ1n) is 6.22. The van der Waals surface area contributed by atoms with Crippen LogP contribution in [0.3, 0.4) is 0 Å². The molecule has 4 N–H and O–H groups in total. The lowest BCUT2D eigenvalue weighted by Crippen LogP contribution is -2.46. The maximum Gasteiger partial charge on any atom is 0.116 e. The van der Waals surface area contributed by atoms with E-state index in [4.69, 9.17) is 5.73 Å². The van der Waals surface area contributed by atoms with E-state index >= 15 is 0 Å². The Labute approximate surface area is 124 Å². The normalized spacial score (nSPS) is 18.8. The molecule has 0 radical (unpaired) electrons. The molecule has 1 aromatic rings. The maximum absolute atomic E-state index is 10.4. The number of nitrogen functional groups attached to an aromatic ring is 1. The van der Waals surface area contributed by atoms with E-state index in [0.29, 0.717) is 12.2 Å². The van der Waals surface area contributed by atoms with Gasteiger partial charge in [-0.15, -0.1) is 0 Å². The number of aliphatic hydroxyl groups is 1. The van der Waals surface area contributed by atoms with Crippen LogP contribution < -0.4 is 11.1 Å². The van der Waals surface area contributed by atoms with Gasteiger partial charge in [0.2, 0.25) is 0 Å². The molecular weight excluding hydrogens is 360 g/mol. The number of nitrogens with two attached hydrogens (primary N) is 1. The summed E-state index contributed by atoms with van der Waals surface area (Å²) in [4.78, 5) is 0. The molecule has 0 atom stereocenters. The molecule has 2 rings (SSSR count). The molecule has 0 bridgehead atoms. The summed E-state index contributed by atoms with van der Waals surface area (Å²) in [6.45, 7) is 0.635. The van der Waals surface area contributed by atoms with Crippen molar-refractivity contribution in [3.8, 4) is 0 Å². The summed E-state index contributed by atoms with van der Waals surface area (Å²) in [5.74, 6) is 0. The predicted octanol–water partition coefficient (Wildman–Crippen LogP) is 3.54. The van der Waals surface area contributed by atoms with Gasteiger partial charge in [-0.05, 0) is 69.2 Å². The van der Waals surface area contributed by atoms with E-state index in [9.17, 15) is 5.11 Å². The molecule has 3 nitrogen and oxygen atoms in total. The maximum atomic E-state index is 10.4. The highest BCUT2D eigenvalue weighted by molar-refractivity contribution is 9.13. The fourth-order valence-corrected chi connectivity index (χ4v) is 3.20. The van der Waals surface area contributed by atoms with Crippen molar-refractivity contribution >= 4 is 37.5 Å². The summed E-state index contributed by atoms with van der Waals surface area (Å²) >= 11 is 6.97. The van der Waals surface area contributed by atoms with E-state index in [0.717, 1.165) is 40.2 Å². The summed E-state index contributed by atoms with van der Waals surface area (Å²) in [5, 5.41) is 13.7. The first-order chi connectivity index (χ1) is 8.52. The molecule has 100 valence electrons. The second-order valence-corrected chi connectivity index (χ2v) is 6.47. The minimum atomic E-state index is -0.703. The molecule has 0 spiro atoms. The lowest BCUT2D eigenvalue weighted by Gasteiger charge is -2.33. The molecular formula is C13H18Br2N2O. The Morgan fingerprint density at radius 1 is 1.17 bits per heavy atom. The molecule has 0 aromatic heterocycles. The molecule has 0 saturated heterocycles. The number of anilines is 1. The van der Waals surface area contributed by atoms with E-state index in [1.54, 1.807) is 0 Å². The second kappa shape index (κ2) is 5.90. The van der Waals surface area contributed by atoms with Crippen LogP contribution in [-0.4, -0.2) is 10.8 Å². The number of halogens is 2. The Hall–Kier alpha value is -0.100. The van der Waals surface area contributed by atoms with Crippen LogP contribution in [0.2, 0.25) is 0 Å². The quantitative estimate of drug-likeness (QED) is 0.557. The molecule has 1 aliphatic rings. The second-order valence-electron chi connectivity index (χ2n) is 4.89. The van der Waals surface area contributed by atoms with Gasteiger partial charge in [0.25, 0.3) is 0 Å². The van der Waals surface area contributed by atoms with Crippen molar-refractivity contribution in [2.45, 2.75) is 44.4 Å². The van der Waals surface area contributed by atoms with E-state index in [2.05, 4.69) is 37.2 Å². The highest BCUT2D eigenvalue weighted by Crippen LogP contribution is 2.33. The molecule has 1 aromatic carbocycles. The lowest BCUT2D eigenvalue weighted by molar-refractivity contribution is -0.0296. The van der Waals surface area contributed by atoms with Crippen LogP contribution in [0, 0.1) is 0 Å². The Morgan fingerprint density at radius 2 is 1.83 bits per heavy atom. The molecule has 0 heterocycles. The van der Waals surface area contributed by atoms with E-state index in [1.165, 1.54) is 6.42 Å². The third-order valence-electron chi connectivity index (χ3n) is 3.48. The summed E-state index contributed by atoms with van der Waals surface area (Å²) in [5.41, 5.74) is 6.91. The van der Waals surface area contributed by atoms with Gasteiger partial charge < -0.3 is 10.8 Å². The summed E-state index contributed by atoms with van der Waals surface area (Å²) in [7, 11) is 0. The fourth-order valence-electron chi connectivity index (χ4n) is 2.31. The van der Waals surface area contributed by atoms with Crippen molar-refractivity contribution in [3.05, 3.63) is 26.6 Å². The van der Waals surface area contributed by atoms with Gasteiger partial charge in [0.05, 0.1) is 4.47 Å². The van der Waals surface area contributed by atoms with Gasteiger partial charge in [-0.25, -0.2) is 0 Å². The number of hydrogen-bond acceptors (Lipinski definition) is 3. The minimum Gasteiger partial charge on any atom is -0.398 e. The zero-order chi connectivity index (χ0) is 13.2. The van der Waals surface area contributed by atoms with Gasteiger partial charge in [-0.1, -0.05) is 12.5 Å². The first-order valence-corrected chi connectivity index (χ1v) is 7.80. The van der Waals surface area contributed by atoms with Crippen LogP contribution in [0.1, 0.15) is 37.7 Å². The number of benzene rings is 1. The van der Waals surface area contributed by atoms with Gasteiger partial charge in [0, 0.05) is 16.7 Å². The van der Waals surface area contributed by atoms with Crippen LogP contribution in [0.5, 0.6) is 0 Å². The van der Waals surface area contributed by atoms with Gasteiger partial charge >= 0.3 is 0 Å². The van der Waals surface area contributed by atoms with Crippen molar-refractivity contribution in [3.63, 3.8) is 0 Å². The molecule has 0 aliphatic heterocycles. The largest absolute Gasteiger partial charge is 0.398 e. The van der Waals surface area contributed by atoms with E-state index < -0.39 is 5.72 Å². The third-order valence-corrected chi connectivity index (χ3v) is 5.77. The van der Waals surface area contributed by atoms with Gasteiger partial charge in [-0.2, -0.15) is 0 Å². The molecule has 1 fully saturated rings. The Morgan fingerprint density at radius 3 is 2.50 bits per heavy atom. The summed E-state index contributed by atoms with van der Waals surface area (Å²) in [6, 6.07) is 3.85. The van der Waals surface area contributed by atoms with E-state index in [-0.39, 0.29) is 0 Å². The SMILES string of the molecule is Nc1ccc(CNC2(O)CCCCC2)c(Br)c1Br. The molecule has 5 heteroatoms.